The van der Waals surface area contributed by atoms with E-state index in [1.807, 2.05) is 0 Å². The molecule has 1 aliphatic rings. The highest BCUT2D eigenvalue weighted by Gasteiger charge is 2.26. The van der Waals surface area contributed by atoms with Crippen LogP contribution in [0, 0.1) is 5.92 Å². The van der Waals surface area contributed by atoms with Gasteiger partial charge in [-0.2, -0.15) is 0 Å². The van der Waals surface area contributed by atoms with E-state index in [9.17, 15) is 0 Å². The Bertz CT molecular complexity index is 402. The van der Waals surface area contributed by atoms with Gasteiger partial charge in [0, 0.05) is 24.3 Å². The van der Waals surface area contributed by atoms with Crippen molar-refractivity contribution in [3.8, 4) is 0 Å². The van der Waals surface area contributed by atoms with E-state index in [2.05, 4.69) is 62.3 Å². The van der Waals surface area contributed by atoms with Crippen LogP contribution >= 0.6 is 0 Å². The molecule has 3 atom stereocenters. The highest BCUT2D eigenvalue weighted by molar-refractivity contribution is 5.56. The second kappa shape index (κ2) is 6.42. The summed E-state index contributed by atoms with van der Waals surface area (Å²) in [5.74, 6) is 0.714. The molecule has 2 rings (SSSR count). The van der Waals surface area contributed by atoms with Gasteiger partial charge in [0.25, 0.3) is 0 Å². The average Bonchev–Trinajstić information content (AvgIpc) is 2.45. The van der Waals surface area contributed by atoms with Gasteiger partial charge in [0.2, 0.25) is 0 Å². The summed E-state index contributed by atoms with van der Waals surface area (Å²) in [6.07, 6.45) is 3.73. The fourth-order valence-electron chi connectivity index (χ4n) is 3.09. The lowest BCUT2D eigenvalue weighted by Crippen LogP contribution is -2.48. The molecular weight excluding hydrogens is 232 g/mol. The standard InChI is InChI=1S/C17H28N2/c1-5-13(2)16(18-4)12-19-14(3)10-11-15-8-6-7-9-17(15)19/h6-9,13-14,16,18H,5,10-12H2,1-4H3. The first kappa shape index (κ1) is 14.4. The van der Waals surface area contributed by atoms with E-state index >= 15 is 0 Å². The van der Waals surface area contributed by atoms with Gasteiger partial charge in [-0.3, -0.25) is 0 Å². The molecule has 0 amide bonds. The predicted molar refractivity (Wildman–Crippen MR) is 83.9 cm³/mol. The molecule has 106 valence electrons. The minimum Gasteiger partial charge on any atom is -0.367 e. The molecule has 19 heavy (non-hydrogen) atoms. The van der Waals surface area contributed by atoms with Crippen molar-refractivity contribution in [2.24, 2.45) is 5.92 Å². The second-order valence-corrected chi connectivity index (χ2v) is 5.95. The van der Waals surface area contributed by atoms with E-state index in [-0.39, 0.29) is 0 Å². The number of hydrogen-bond donors (Lipinski definition) is 1. The molecule has 0 saturated carbocycles. The van der Waals surface area contributed by atoms with Gasteiger partial charge < -0.3 is 10.2 Å². The van der Waals surface area contributed by atoms with Crippen LogP contribution in [0.5, 0.6) is 0 Å². The molecule has 0 radical (unpaired) electrons. The Morgan fingerprint density at radius 1 is 1.37 bits per heavy atom. The van der Waals surface area contributed by atoms with Crippen LogP contribution in [-0.4, -0.2) is 25.7 Å². The lowest BCUT2D eigenvalue weighted by Gasteiger charge is -2.40. The smallest absolute Gasteiger partial charge is 0.0401 e. The van der Waals surface area contributed by atoms with Crippen molar-refractivity contribution in [3.63, 3.8) is 0 Å². The second-order valence-electron chi connectivity index (χ2n) is 5.95. The third-order valence-corrected chi connectivity index (χ3v) is 4.76. The van der Waals surface area contributed by atoms with Gasteiger partial charge in [-0.1, -0.05) is 38.5 Å². The van der Waals surface area contributed by atoms with Crippen molar-refractivity contribution in [2.45, 2.75) is 52.1 Å². The van der Waals surface area contributed by atoms with E-state index in [4.69, 9.17) is 0 Å². The largest absolute Gasteiger partial charge is 0.367 e. The van der Waals surface area contributed by atoms with Crippen molar-refractivity contribution >= 4 is 5.69 Å². The lowest BCUT2D eigenvalue weighted by molar-refractivity contribution is 0.373. The average molecular weight is 260 g/mol. The Kier molecular flexibility index (Phi) is 4.87. The minimum absolute atomic E-state index is 0.568. The van der Waals surface area contributed by atoms with Gasteiger partial charge in [-0.05, 0) is 44.4 Å². The number of likely N-dealkylation sites (N-methyl/N-ethyl adjacent to an activating group) is 1. The number of fused-ring (bicyclic) bond motifs is 1. The normalized spacial score (nSPS) is 21.9. The summed E-state index contributed by atoms with van der Waals surface area (Å²) in [7, 11) is 2.09. The summed E-state index contributed by atoms with van der Waals surface area (Å²) in [6, 6.07) is 10.1. The summed E-state index contributed by atoms with van der Waals surface area (Å²) >= 11 is 0. The highest BCUT2D eigenvalue weighted by Crippen LogP contribution is 2.31. The maximum absolute atomic E-state index is 3.51. The summed E-state index contributed by atoms with van der Waals surface area (Å²) in [5, 5.41) is 3.51. The van der Waals surface area contributed by atoms with Gasteiger partial charge in [-0.25, -0.2) is 0 Å². The molecule has 0 bridgehead atoms. The molecule has 1 heterocycles. The predicted octanol–water partition coefficient (Wildman–Crippen LogP) is 3.46. The van der Waals surface area contributed by atoms with Crippen molar-refractivity contribution < 1.29 is 0 Å². The van der Waals surface area contributed by atoms with E-state index in [1.165, 1.54) is 30.5 Å². The molecule has 3 unspecified atom stereocenters. The first-order chi connectivity index (χ1) is 9.17. The molecule has 1 aliphatic heterocycles. The van der Waals surface area contributed by atoms with Crippen molar-refractivity contribution in [1.82, 2.24) is 5.32 Å². The Hall–Kier alpha value is -1.02. The van der Waals surface area contributed by atoms with Gasteiger partial charge in [0.15, 0.2) is 0 Å². The summed E-state index contributed by atoms with van der Waals surface area (Å²) in [4.78, 5) is 2.60. The molecule has 0 fully saturated rings. The number of benzene rings is 1. The number of anilines is 1. The van der Waals surface area contributed by atoms with Crippen LogP contribution in [0.25, 0.3) is 0 Å². The van der Waals surface area contributed by atoms with Crippen molar-refractivity contribution in [1.29, 1.82) is 0 Å². The minimum atomic E-state index is 0.568. The SMILES string of the molecule is CCC(C)C(CN1c2ccccc2CCC1C)NC. The molecule has 0 saturated heterocycles. The zero-order chi connectivity index (χ0) is 13.8. The van der Waals surface area contributed by atoms with E-state index < -0.39 is 0 Å². The number of rotatable bonds is 5. The van der Waals surface area contributed by atoms with E-state index in [1.54, 1.807) is 0 Å². The van der Waals surface area contributed by atoms with Crippen LogP contribution in [0.2, 0.25) is 0 Å². The highest BCUT2D eigenvalue weighted by atomic mass is 15.2. The van der Waals surface area contributed by atoms with Gasteiger partial charge in [0.05, 0.1) is 0 Å². The number of hydrogen-bond acceptors (Lipinski definition) is 2. The summed E-state index contributed by atoms with van der Waals surface area (Å²) in [5.41, 5.74) is 2.96. The lowest BCUT2D eigenvalue weighted by atomic mass is 9.93. The number of nitrogens with zero attached hydrogens (tertiary/aromatic N) is 1. The molecule has 2 nitrogen and oxygen atoms in total. The fourth-order valence-corrected chi connectivity index (χ4v) is 3.09. The van der Waals surface area contributed by atoms with Crippen LogP contribution in [0.4, 0.5) is 5.69 Å². The topological polar surface area (TPSA) is 15.3 Å². The van der Waals surface area contributed by atoms with Crippen molar-refractivity contribution in [2.75, 3.05) is 18.5 Å². The third-order valence-electron chi connectivity index (χ3n) is 4.76. The first-order valence-corrected chi connectivity index (χ1v) is 7.69. The van der Waals surface area contributed by atoms with Crippen LogP contribution in [-0.2, 0) is 6.42 Å². The van der Waals surface area contributed by atoms with Crippen LogP contribution in [0.15, 0.2) is 24.3 Å². The van der Waals surface area contributed by atoms with Gasteiger partial charge >= 0.3 is 0 Å². The van der Waals surface area contributed by atoms with Crippen LogP contribution in [0.3, 0.4) is 0 Å². The number of nitrogens with one attached hydrogen (secondary N) is 1. The zero-order valence-electron chi connectivity index (χ0n) is 12.8. The van der Waals surface area contributed by atoms with Crippen molar-refractivity contribution in [3.05, 3.63) is 29.8 Å². The maximum Gasteiger partial charge on any atom is 0.0401 e. The maximum atomic E-state index is 3.51. The quantitative estimate of drug-likeness (QED) is 0.872. The Morgan fingerprint density at radius 3 is 2.79 bits per heavy atom. The fraction of sp³-hybridized carbons (Fsp3) is 0.647. The third kappa shape index (κ3) is 3.11. The summed E-state index contributed by atoms with van der Waals surface area (Å²) < 4.78 is 0. The number of aryl methyl sites for hydroxylation is 1. The molecule has 1 aromatic rings. The van der Waals surface area contributed by atoms with E-state index in [0.717, 1.165) is 6.54 Å². The number of para-hydroxylation sites is 1. The summed E-state index contributed by atoms with van der Waals surface area (Å²) in [6.45, 7) is 8.10. The molecule has 0 aromatic heterocycles. The molecule has 1 N–H and O–H groups in total. The monoisotopic (exact) mass is 260 g/mol. The van der Waals surface area contributed by atoms with E-state index in [0.29, 0.717) is 18.0 Å². The van der Waals surface area contributed by atoms with Crippen LogP contribution in [0.1, 0.15) is 39.2 Å². The zero-order valence-corrected chi connectivity index (χ0v) is 12.8. The molecule has 2 heteroatoms. The molecular formula is C17H28N2. The molecule has 0 spiro atoms. The van der Waals surface area contributed by atoms with Gasteiger partial charge in [-0.15, -0.1) is 0 Å². The first-order valence-electron chi connectivity index (χ1n) is 7.69. The molecule has 0 aliphatic carbocycles. The Balaban J connectivity index is 2.18. The Morgan fingerprint density at radius 2 is 2.11 bits per heavy atom. The van der Waals surface area contributed by atoms with Gasteiger partial charge in [0.1, 0.15) is 0 Å². The van der Waals surface area contributed by atoms with Crippen LogP contribution < -0.4 is 10.2 Å². The molecule has 1 aromatic carbocycles. The Labute approximate surface area is 118 Å².